The zero-order valence-corrected chi connectivity index (χ0v) is 15.1. The number of benzene rings is 1. The molecule has 1 aliphatic carbocycles. The second-order valence-corrected chi connectivity index (χ2v) is 6.96. The van der Waals surface area contributed by atoms with Crippen molar-refractivity contribution in [2.24, 2.45) is 5.92 Å². The van der Waals surface area contributed by atoms with E-state index in [1.807, 2.05) is 30.3 Å². The standard InChI is InChI=1S/C19H24N4O3/c1-3-14-9-11-19(12-10-14,18(25)26)20-17(24)16-13(2)23(22-21-16)15-7-5-4-6-8-15/h4-8,14H,3,9-12H2,1-2H3,(H,20,24)(H,25,26). The van der Waals surface area contributed by atoms with Gasteiger partial charge in [-0.2, -0.15) is 0 Å². The maximum absolute atomic E-state index is 12.7. The number of carboxylic acids is 1. The maximum Gasteiger partial charge on any atom is 0.329 e. The molecule has 1 saturated carbocycles. The molecule has 7 nitrogen and oxygen atoms in total. The molecule has 138 valence electrons. The Morgan fingerprint density at radius 2 is 1.92 bits per heavy atom. The molecule has 1 amide bonds. The smallest absolute Gasteiger partial charge is 0.329 e. The van der Waals surface area contributed by atoms with Crippen molar-refractivity contribution in [3.05, 3.63) is 41.7 Å². The number of carbonyl (C=O) groups is 2. The summed E-state index contributed by atoms with van der Waals surface area (Å²) in [5.41, 5.74) is 0.322. The highest BCUT2D eigenvalue weighted by molar-refractivity contribution is 5.97. The third-order valence-electron chi connectivity index (χ3n) is 5.41. The van der Waals surface area contributed by atoms with Gasteiger partial charge in [0.25, 0.3) is 5.91 Å². The predicted molar refractivity (Wildman–Crippen MR) is 96.2 cm³/mol. The summed E-state index contributed by atoms with van der Waals surface area (Å²) in [6.45, 7) is 3.87. The van der Waals surface area contributed by atoms with Gasteiger partial charge >= 0.3 is 5.97 Å². The number of hydrogen-bond donors (Lipinski definition) is 2. The fourth-order valence-electron chi connectivity index (χ4n) is 3.60. The zero-order chi connectivity index (χ0) is 18.7. The SMILES string of the molecule is CCC1CCC(NC(=O)c2nnn(-c3ccccc3)c2C)(C(=O)O)CC1. The minimum atomic E-state index is -1.22. The van der Waals surface area contributed by atoms with Crippen LogP contribution in [-0.4, -0.2) is 37.5 Å². The number of nitrogens with one attached hydrogen (secondary N) is 1. The molecule has 2 aromatic rings. The lowest BCUT2D eigenvalue weighted by Crippen LogP contribution is -2.56. The largest absolute Gasteiger partial charge is 0.480 e. The van der Waals surface area contributed by atoms with E-state index in [4.69, 9.17) is 0 Å². The number of para-hydroxylation sites is 1. The van der Waals surface area contributed by atoms with Crippen molar-refractivity contribution in [2.45, 2.75) is 51.5 Å². The van der Waals surface area contributed by atoms with Crippen LogP contribution in [0.25, 0.3) is 5.69 Å². The summed E-state index contributed by atoms with van der Waals surface area (Å²) in [7, 11) is 0. The van der Waals surface area contributed by atoms with E-state index in [-0.39, 0.29) is 5.69 Å². The molecule has 0 radical (unpaired) electrons. The molecule has 3 rings (SSSR count). The topological polar surface area (TPSA) is 97.1 Å². The summed E-state index contributed by atoms with van der Waals surface area (Å²) >= 11 is 0. The van der Waals surface area contributed by atoms with E-state index < -0.39 is 17.4 Å². The lowest BCUT2D eigenvalue weighted by atomic mass is 9.75. The van der Waals surface area contributed by atoms with Crippen molar-refractivity contribution in [1.82, 2.24) is 20.3 Å². The Labute approximate surface area is 152 Å². The Morgan fingerprint density at radius 3 is 2.50 bits per heavy atom. The number of nitrogens with zero attached hydrogens (tertiary/aromatic N) is 3. The summed E-state index contributed by atoms with van der Waals surface area (Å²) in [5, 5.41) is 20.5. The van der Waals surface area contributed by atoms with Gasteiger partial charge in [-0.1, -0.05) is 36.8 Å². The number of rotatable bonds is 5. The molecule has 0 unspecified atom stereocenters. The van der Waals surface area contributed by atoms with E-state index in [1.165, 1.54) is 0 Å². The van der Waals surface area contributed by atoms with Crippen LogP contribution in [0, 0.1) is 12.8 Å². The van der Waals surface area contributed by atoms with Gasteiger partial charge in [0, 0.05) is 0 Å². The number of carbonyl (C=O) groups excluding carboxylic acids is 1. The predicted octanol–water partition coefficient (Wildman–Crippen LogP) is 2.73. The molecule has 1 heterocycles. The van der Waals surface area contributed by atoms with Gasteiger partial charge in [0.05, 0.1) is 11.4 Å². The van der Waals surface area contributed by atoms with E-state index in [2.05, 4.69) is 22.6 Å². The van der Waals surface area contributed by atoms with Crippen LogP contribution in [0.4, 0.5) is 0 Å². The lowest BCUT2D eigenvalue weighted by Gasteiger charge is -2.37. The van der Waals surface area contributed by atoms with Gasteiger partial charge in [0.1, 0.15) is 5.54 Å². The molecule has 26 heavy (non-hydrogen) atoms. The first-order valence-corrected chi connectivity index (χ1v) is 9.00. The van der Waals surface area contributed by atoms with Gasteiger partial charge in [-0.25, -0.2) is 9.48 Å². The third kappa shape index (κ3) is 3.34. The molecule has 7 heteroatoms. The average Bonchev–Trinajstić information content (AvgIpc) is 3.04. The molecule has 1 aliphatic rings. The summed E-state index contributed by atoms with van der Waals surface area (Å²) in [4.78, 5) is 24.6. The summed E-state index contributed by atoms with van der Waals surface area (Å²) in [6.07, 6.45) is 3.53. The number of amides is 1. The minimum absolute atomic E-state index is 0.159. The molecular formula is C19H24N4O3. The van der Waals surface area contributed by atoms with Crippen LogP contribution < -0.4 is 5.32 Å². The van der Waals surface area contributed by atoms with Gasteiger partial charge in [-0.3, -0.25) is 4.79 Å². The fraction of sp³-hybridized carbons (Fsp3) is 0.474. The Morgan fingerprint density at radius 1 is 1.27 bits per heavy atom. The van der Waals surface area contributed by atoms with E-state index in [9.17, 15) is 14.7 Å². The number of carboxylic acid groups (broad SMARTS) is 1. The quantitative estimate of drug-likeness (QED) is 0.858. The van der Waals surface area contributed by atoms with Crippen LogP contribution in [0.2, 0.25) is 0 Å². The van der Waals surface area contributed by atoms with E-state index in [0.717, 1.165) is 24.9 Å². The second kappa shape index (κ2) is 7.27. The van der Waals surface area contributed by atoms with Crippen molar-refractivity contribution >= 4 is 11.9 Å². The van der Waals surface area contributed by atoms with Gasteiger partial charge in [-0.05, 0) is 50.7 Å². The molecule has 2 N–H and O–H groups in total. The third-order valence-corrected chi connectivity index (χ3v) is 5.41. The number of aromatic nitrogens is 3. The number of hydrogen-bond acceptors (Lipinski definition) is 4. The molecule has 1 aromatic heterocycles. The van der Waals surface area contributed by atoms with Gasteiger partial charge in [0.15, 0.2) is 5.69 Å². The van der Waals surface area contributed by atoms with Crippen LogP contribution in [0.15, 0.2) is 30.3 Å². The van der Waals surface area contributed by atoms with Crippen LogP contribution in [0.5, 0.6) is 0 Å². The van der Waals surface area contributed by atoms with Crippen LogP contribution in [0.1, 0.15) is 55.2 Å². The van der Waals surface area contributed by atoms with Crippen molar-refractivity contribution < 1.29 is 14.7 Å². The molecule has 1 aromatic carbocycles. The number of aliphatic carboxylic acids is 1. The van der Waals surface area contributed by atoms with E-state index >= 15 is 0 Å². The molecule has 0 atom stereocenters. The Kier molecular flexibility index (Phi) is 5.06. The molecular weight excluding hydrogens is 332 g/mol. The highest BCUT2D eigenvalue weighted by Gasteiger charge is 2.43. The van der Waals surface area contributed by atoms with Gasteiger partial charge in [0.2, 0.25) is 0 Å². The van der Waals surface area contributed by atoms with Crippen molar-refractivity contribution in [2.75, 3.05) is 0 Å². The molecule has 0 spiro atoms. The zero-order valence-electron chi connectivity index (χ0n) is 15.1. The van der Waals surface area contributed by atoms with E-state index in [1.54, 1.807) is 11.6 Å². The molecule has 0 saturated heterocycles. The average molecular weight is 356 g/mol. The van der Waals surface area contributed by atoms with Gasteiger partial charge in [-0.15, -0.1) is 5.10 Å². The lowest BCUT2D eigenvalue weighted by molar-refractivity contribution is -0.146. The fourth-order valence-corrected chi connectivity index (χ4v) is 3.60. The molecule has 0 bridgehead atoms. The first-order valence-electron chi connectivity index (χ1n) is 9.00. The second-order valence-electron chi connectivity index (χ2n) is 6.96. The van der Waals surface area contributed by atoms with Crippen LogP contribution in [0.3, 0.4) is 0 Å². The van der Waals surface area contributed by atoms with E-state index in [0.29, 0.717) is 24.5 Å². The van der Waals surface area contributed by atoms with Crippen molar-refractivity contribution in [1.29, 1.82) is 0 Å². The monoisotopic (exact) mass is 356 g/mol. The maximum atomic E-state index is 12.7. The van der Waals surface area contributed by atoms with Crippen LogP contribution >= 0.6 is 0 Å². The first kappa shape index (κ1) is 18.1. The summed E-state index contributed by atoms with van der Waals surface area (Å²) < 4.78 is 1.58. The van der Waals surface area contributed by atoms with Crippen molar-refractivity contribution in [3.8, 4) is 5.69 Å². The van der Waals surface area contributed by atoms with Gasteiger partial charge < -0.3 is 10.4 Å². The Hall–Kier alpha value is -2.70. The highest BCUT2D eigenvalue weighted by atomic mass is 16.4. The Balaban J connectivity index is 1.81. The normalized spacial score (nSPS) is 22.8. The highest BCUT2D eigenvalue weighted by Crippen LogP contribution is 2.34. The summed E-state index contributed by atoms with van der Waals surface area (Å²) in [5.74, 6) is -0.935. The van der Waals surface area contributed by atoms with Crippen LogP contribution in [-0.2, 0) is 4.79 Å². The first-order chi connectivity index (χ1) is 12.5. The summed E-state index contributed by atoms with van der Waals surface area (Å²) in [6, 6.07) is 9.39. The molecule has 0 aliphatic heterocycles. The minimum Gasteiger partial charge on any atom is -0.480 e. The molecule has 1 fully saturated rings. The van der Waals surface area contributed by atoms with Crippen molar-refractivity contribution in [3.63, 3.8) is 0 Å². The Bertz CT molecular complexity index is 792.